The summed E-state index contributed by atoms with van der Waals surface area (Å²) in [4.78, 5) is 64.4. The SMILES string of the molecule is CC(C)(C)OC(=O)N[C@H](C(=O)NCc1ccc2c(c1)CN(C1CCC(=O)NC1=O)C2=O)c1ccc2ccccc2c1. The first-order chi connectivity index (χ1) is 19.5. The van der Waals surface area contributed by atoms with Crippen LogP contribution in [0.3, 0.4) is 0 Å². The van der Waals surface area contributed by atoms with Gasteiger partial charge in [-0.2, -0.15) is 0 Å². The third-order valence-electron chi connectivity index (χ3n) is 7.08. The van der Waals surface area contributed by atoms with Gasteiger partial charge in [0.05, 0.1) is 0 Å². The van der Waals surface area contributed by atoms with Crippen molar-refractivity contribution in [2.75, 3.05) is 0 Å². The minimum absolute atomic E-state index is 0.152. The van der Waals surface area contributed by atoms with Crippen LogP contribution < -0.4 is 16.0 Å². The fourth-order valence-corrected chi connectivity index (χ4v) is 5.14. The molecule has 3 aromatic carbocycles. The van der Waals surface area contributed by atoms with Crippen LogP contribution in [0.5, 0.6) is 0 Å². The highest BCUT2D eigenvalue weighted by Gasteiger charge is 2.39. The zero-order chi connectivity index (χ0) is 29.3. The van der Waals surface area contributed by atoms with Crippen molar-refractivity contribution in [2.45, 2.75) is 64.4 Å². The number of fused-ring (bicyclic) bond motifs is 2. The Morgan fingerprint density at radius 1 is 1.02 bits per heavy atom. The van der Waals surface area contributed by atoms with Crippen LogP contribution in [0.25, 0.3) is 10.8 Å². The van der Waals surface area contributed by atoms with E-state index >= 15 is 0 Å². The van der Waals surface area contributed by atoms with Crippen LogP contribution in [0, 0.1) is 0 Å². The number of benzene rings is 3. The predicted molar refractivity (Wildman–Crippen MR) is 150 cm³/mol. The molecule has 2 aliphatic heterocycles. The van der Waals surface area contributed by atoms with Gasteiger partial charge in [-0.25, -0.2) is 4.79 Å². The molecule has 1 saturated heterocycles. The Kier molecular flexibility index (Phi) is 7.49. The molecule has 10 nitrogen and oxygen atoms in total. The number of rotatable bonds is 6. The van der Waals surface area contributed by atoms with Crippen LogP contribution in [0.4, 0.5) is 4.79 Å². The van der Waals surface area contributed by atoms with E-state index in [-0.39, 0.29) is 37.7 Å². The molecular weight excluding hydrogens is 524 g/mol. The molecule has 0 aromatic heterocycles. The Balaban J connectivity index is 1.31. The molecule has 1 unspecified atom stereocenters. The van der Waals surface area contributed by atoms with Crippen LogP contribution in [0.1, 0.15) is 66.7 Å². The maximum atomic E-state index is 13.4. The van der Waals surface area contributed by atoms with Crippen molar-refractivity contribution in [3.63, 3.8) is 0 Å². The summed E-state index contributed by atoms with van der Waals surface area (Å²) in [6, 6.07) is 16.9. The van der Waals surface area contributed by atoms with Gasteiger partial charge in [0.25, 0.3) is 5.91 Å². The van der Waals surface area contributed by atoms with Crippen molar-refractivity contribution in [1.82, 2.24) is 20.9 Å². The second-order valence-electron chi connectivity index (χ2n) is 11.3. The van der Waals surface area contributed by atoms with E-state index in [9.17, 15) is 24.0 Å². The summed E-state index contributed by atoms with van der Waals surface area (Å²) in [7, 11) is 0. The van der Waals surface area contributed by atoms with E-state index in [0.29, 0.717) is 11.1 Å². The van der Waals surface area contributed by atoms with E-state index in [0.717, 1.165) is 21.9 Å². The Hall–Kier alpha value is -4.73. The number of ether oxygens (including phenoxy) is 1. The molecule has 2 aliphatic rings. The first-order valence-corrected chi connectivity index (χ1v) is 13.5. The lowest BCUT2D eigenvalue weighted by atomic mass is 10.0. The van der Waals surface area contributed by atoms with E-state index in [4.69, 9.17) is 4.74 Å². The fourth-order valence-electron chi connectivity index (χ4n) is 5.14. The average Bonchev–Trinajstić information content (AvgIpc) is 3.24. The molecule has 10 heteroatoms. The van der Waals surface area contributed by atoms with Crippen LogP contribution >= 0.6 is 0 Å². The van der Waals surface area contributed by atoms with Gasteiger partial charge >= 0.3 is 6.09 Å². The maximum Gasteiger partial charge on any atom is 0.408 e. The Morgan fingerprint density at radius 3 is 2.51 bits per heavy atom. The topological polar surface area (TPSA) is 134 Å². The highest BCUT2D eigenvalue weighted by atomic mass is 16.6. The number of nitrogens with one attached hydrogen (secondary N) is 3. The fraction of sp³-hybridized carbons (Fsp3) is 0.323. The number of amides is 5. The van der Waals surface area contributed by atoms with Crippen LogP contribution in [-0.4, -0.2) is 46.3 Å². The second-order valence-corrected chi connectivity index (χ2v) is 11.3. The summed E-state index contributed by atoms with van der Waals surface area (Å²) >= 11 is 0. The van der Waals surface area contributed by atoms with Gasteiger partial charge in [0, 0.05) is 25.1 Å². The van der Waals surface area contributed by atoms with Crippen LogP contribution in [0.15, 0.2) is 60.7 Å². The monoisotopic (exact) mass is 556 g/mol. The van der Waals surface area contributed by atoms with Crippen LogP contribution in [0.2, 0.25) is 0 Å². The zero-order valence-electron chi connectivity index (χ0n) is 23.2. The Bertz CT molecular complexity index is 1560. The minimum Gasteiger partial charge on any atom is -0.444 e. The van der Waals surface area contributed by atoms with Gasteiger partial charge in [-0.05, 0) is 66.8 Å². The van der Waals surface area contributed by atoms with Gasteiger partial charge in [-0.15, -0.1) is 0 Å². The quantitative estimate of drug-likeness (QED) is 0.398. The van der Waals surface area contributed by atoms with Gasteiger partial charge in [0.1, 0.15) is 17.7 Å². The van der Waals surface area contributed by atoms with Gasteiger partial charge in [-0.3, -0.25) is 24.5 Å². The lowest BCUT2D eigenvalue weighted by Gasteiger charge is -2.29. The molecule has 0 radical (unpaired) electrons. The standard InChI is InChI=1S/C31H32N4O6/c1-31(2,3)41-30(40)34-26(21-10-9-19-6-4-5-7-20(19)15-21)28(38)32-16-18-8-11-23-22(14-18)17-35(29(23)39)24-12-13-25(36)33-27(24)37/h4-11,14-15,24,26H,12-13,16-17H2,1-3H3,(H,32,38)(H,34,40)(H,33,36,37)/t24?,26-/m0/s1. The summed E-state index contributed by atoms with van der Waals surface area (Å²) in [5.41, 5.74) is 1.85. The average molecular weight is 557 g/mol. The molecule has 0 saturated carbocycles. The van der Waals surface area contributed by atoms with Gasteiger partial charge < -0.3 is 20.3 Å². The van der Waals surface area contributed by atoms with Crippen LogP contribution in [-0.2, 0) is 32.2 Å². The smallest absolute Gasteiger partial charge is 0.408 e. The molecule has 0 spiro atoms. The highest BCUT2D eigenvalue weighted by Crippen LogP contribution is 2.28. The zero-order valence-corrected chi connectivity index (χ0v) is 23.2. The Labute approximate surface area is 237 Å². The van der Waals surface area contributed by atoms with Crippen molar-refractivity contribution in [3.05, 3.63) is 82.9 Å². The number of hydrogen-bond acceptors (Lipinski definition) is 6. The molecule has 41 heavy (non-hydrogen) atoms. The number of nitrogens with zero attached hydrogens (tertiary/aromatic N) is 1. The normalized spacial score (nSPS) is 17.6. The summed E-state index contributed by atoms with van der Waals surface area (Å²) in [6.45, 7) is 5.63. The molecule has 5 amide bonds. The summed E-state index contributed by atoms with van der Waals surface area (Å²) in [6.07, 6.45) is -0.243. The van der Waals surface area contributed by atoms with Crippen molar-refractivity contribution in [1.29, 1.82) is 0 Å². The lowest BCUT2D eigenvalue weighted by molar-refractivity contribution is -0.137. The van der Waals surface area contributed by atoms with E-state index in [1.54, 1.807) is 39.0 Å². The first kappa shape index (κ1) is 27.8. The maximum absolute atomic E-state index is 13.4. The van der Waals surface area contributed by atoms with Crippen molar-refractivity contribution in [3.8, 4) is 0 Å². The predicted octanol–water partition coefficient (Wildman–Crippen LogP) is 3.48. The Morgan fingerprint density at radius 2 is 1.78 bits per heavy atom. The summed E-state index contributed by atoms with van der Waals surface area (Å²) in [5, 5.41) is 9.83. The van der Waals surface area contributed by atoms with Gasteiger partial charge in [-0.1, -0.05) is 48.5 Å². The molecule has 212 valence electrons. The molecular formula is C31H32N4O6. The third-order valence-corrected chi connectivity index (χ3v) is 7.08. The number of hydrogen-bond donors (Lipinski definition) is 3. The van der Waals surface area contributed by atoms with Gasteiger partial charge in [0.15, 0.2) is 0 Å². The molecule has 0 aliphatic carbocycles. The summed E-state index contributed by atoms with van der Waals surface area (Å²) < 4.78 is 5.41. The van der Waals surface area contributed by atoms with Crippen molar-refractivity contribution < 1.29 is 28.7 Å². The van der Waals surface area contributed by atoms with E-state index in [1.807, 2.05) is 42.5 Å². The first-order valence-electron chi connectivity index (χ1n) is 13.5. The van der Waals surface area contributed by atoms with E-state index < -0.39 is 35.6 Å². The largest absolute Gasteiger partial charge is 0.444 e. The molecule has 2 heterocycles. The number of imide groups is 1. The second kappa shape index (κ2) is 11.0. The van der Waals surface area contributed by atoms with Crippen molar-refractivity contribution in [2.24, 2.45) is 0 Å². The third kappa shape index (κ3) is 6.21. The molecule has 3 aromatic rings. The number of carbonyl (C=O) groups excluding carboxylic acids is 5. The van der Waals surface area contributed by atoms with E-state index in [2.05, 4.69) is 16.0 Å². The molecule has 0 bridgehead atoms. The molecule has 2 atom stereocenters. The van der Waals surface area contributed by atoms with E-state index in [1.165, 1.54) is 4.90 Å². The highest BCUT2D eigenvalue weighted by molar-refractivity contribution is 6.05. The number of alkyl carbamates (subject to hydrolysis) is 1. The number of piperidine rings is 1. The minimum atomic E-state index is -1.01. The van der Waals surface area contributed by atoms with Gasteiger partial charge in [0.2, 0.25) is 17.7 Å². The number of carbonyl (C=O) groups is 5. The molecule has 3 N–H and O–H groups in total. The lowest BCUT2D eigenvalue weighted by Crippen LogP contribution is -2.52. The van der Waals surface area contributed by atoms with Crippen molar-refractivity contribution >= 4 is 40.5 Å². The molecule has 5 rings (SSSR count). The summed E-state index contributed by atoms with van der Waals surface area (Å²) in [5.74, 6) is -1.49. The molecule has 1 fully saturated rings.